The first-order valence-corrected chi connectivity index (χ1v) is 26.2. The first-order valence-electron chi connectivity index (χ1n) is 26.2. The molecule has 5 saturated heterocycles. The summed E-state index contributed by atoms with van der Waals surface area (Å²) in [5, 5.41) is 139. The van der Waals surface area contributed by atoms with E-state index in [4.69, 9.17) is 52.1 Å². The molecule has 0 aliphatic carbocycles. The summed E-state index contributed by atoms with van der Waals surface area (Å²) in [5.74, 6) is -2.64. The maximum atomic E-state index is 13.7. The highest BCUT2D eigenvalue weighted by Gasteiger charge is 2.58. The van der Waals surface area contributed by atoms with Gasteiger partial charge in [-0.2, -0.15) is 0 Å². The van der Waals surface area contributed by atoms with Crippen molar-refractivity contribution < 1.29 is 128 Å². The molecule has 26 heteroatoms. The van der Waals surface area contributed by atoms with E-state index in [1.807, 2.05) is 20.8 Å². The lowest BCUT2D eigenvalue weighted by atomic mass is 9.89. The molecule has 26 nitrogen and oxygen atoms in total. The number of ether oxygens (including phenoxy) is 11. The Hall–Kier alpha value is -1.94. The summed E-state index contributed by atoms with van der Waals surface area (Å²) in [6, 6.07) is 0. The molecule has 0 amide bonds. The summed E-state index contributed by atoms with van der Waals surface area (Å²) in [5.41, 5.74) is -3.96. The Bertz CT molecular complexity index is 1750. The summed E-state index contributed by atoms with van der Waals surface area (Å²) in [7, 11) is 0. The van der Waals surface area contributed by atoms with Crippen LogP contribution >= 0.6 is 0 Å². The van der Waals surface area contributed by atoms with Crippen LogP contribution in [0.5, 0.6) is 0 Å². The van der Waals surface area contributed by atoms with Crippen molar-refractivity contribution in [3.8, 4) is 0 Å². The second-order valence-electron chi connectivity index (χ2n) is 21.4. The zero-order valence-electron chi connectivity index (χ0n) is 44.0. The monoisotopic (exact) mass is 1090 g/mol. The van der Waals surface area contributed by atoms with Gasteiger partial charge in [-0.05, 0) is 31.6 Å². The molecule has 0 aromatic carbocycles. The summed E-state index contributed by atoms with van der Waals surface area (Å²) in [6.07, 6.45) is -30.8. The van der Waals surface area contributed by atoms with Crippen LogP contribution in [-0.2, 0) is 61.7 Å². The number of esters is 2. The van der Waals surface area contributed by atoms with E-state index in [9.17, 15) is 76.0 Å². The van der Waals surface area contributed by atoms with E-state index in [0.717, 1.165) is 0 Å². The molecule has 0 spiro atoms. The Morgan fingerprint density at radius 2 is 1.24 bits per heavy atom. The van der Waals surface area contributed by atoms with E-state index in [2.05, 4.69) is 0 Å². The molecule has 75 heavy (non-hydrogen) atoms. The predicted molar refractivity (Wildman–Crippen MR) is 252 cm³/mol. The molecule has 5 rings (SSSR count). The second-order valence-corrected chi connectivity index (χ2v) is 21.4. The number of hydrogen-bond acceptors (Lipinski definition) is 26. The van der Waals surface area contributed by atoms with Gasteiger partial charge in [0.15, 0.2) is 31.3 Å². The molecule has 5 aliphatic rings. The highest BCUT2D eigenvalue weighted by atomic mass is 16.8. The van der Waals surface area contributed by atoms with Gasteiger partial charge in [0, 0.05) is 19.3 Å². The molecule has 5 fully saturated rings. The van der Waals surface area contributed by atoms with E-state index in [0.29, 0.717) is 12.8 Å². The lowest BCUT2D eigenvalue weighted by Crippen LogP contribution is -2.66. The third kappa shape index (κ3) is 15.3. The molecule has 0 aromatic heterocycles. The van der Waals surface area contributed by atoms with Crippen molar-refractivity contribution >= 4 is 11.9 Å². The standard InChI is InChI=1S/C49H86O26/c1-9-22(5)28(69-31(55)15-27(54)14-29(23(6)10-2)70-45-36(60)34(58)30(17-50)71-45)13-26(53)16-32(56)72-40-33(57)24(7)67-38(21(3)4)41(40)74-44-37(61)35(59)39(25(8)68-44)73-46-43(63)49(19-52,11-12-65-46)75-47-42(62)48(64,18-51)20-66-47/h21-30,33-47,50-54,57-64H,9-20H2,1-8H3/t22-,23-,24?,25?,26-,27-,28-,29-,30?,33?,34?,35?,36?,37?,38?,39?,40?,41?,42?,43?,44?,45?,46?,47?,48?,49?/m0/s1. The smallest absolute Gasteiger partial charge is 0.308 e. The zero-order chi connectivity index (χ0) is 55.9. The molecular weight excluding hydrogens is 1000 g/mol. The highest BCUT2D eigenvalue weighted by Crippen LogP contribution is 2.39. The lowest BCUT2D eigenvalue weighted by molar-refractivity contribution is -0.371. The first kappa shape index (κ1) is 63.9. The minimum absolute atomic E-state index is 0.0743. The largest absolute Gasteiger partial charge is 0.462 e. The third-order valence-corrected chi connectivity index (χ3v) is 15.4. The Labute approximate surface area is 436 Å². The van der Waals surface area contributed by atoms with Gasteiger partial charge < -0.3 is 118 Å². The van der Waals surface area contributed by atoms with Crippen molar-refractivity contribution in [2.24, 2.45) is 17.8 Å². The maximum absolute atomic E-state index is 13.7. The van der Waals surface area contributed by atoms with Crippen LogP contribution in [0, 0.1) is 17.8 Å². The summed E-state index contributed by atoms with van der Waals surface area (Å²) < 4.78 is 64.1. The van der Waals surface area contributed by atoms with Crippen LogP contribution < -0.4 is 0 Å². The zero-order valence-corrected chi connectivity index (χ0v) is 44.0. The first-order chi connectivity index (χ1) is 35.3. The molecule has 5 aliphatic heterocycles. The second kappa shape index (κ2) is 28.0. The van der Waals surface area contributed by atoms with Gasteiger partial charge in [0.2, 0.25) is 0 Å². The molecule has 5 heterocycles. The van der Waals surface area contributed by atoms with Crippen LogP contribution in [0.4, 0.5) is 0 Å². The van der Waals surface area contributed by atoms with Crippen LogP contribution in [0.15, 0.2) is 0 Å². The highest BCUT2D eigenvalue weighted by molar-refractivity contribution is 5.71. The fourth-order valence-corrected chi connectivity index (χ4v) is 9.91. The van der Waals surface area contributed by atoms with Crippen molar-refractivity contribution in [3.63, 3.8) is 0 Å². The quantitative estimate of drug-likeness (QED) is 0.0371. The molecule has 438 valence electrons. The summed E-state index contributed by atoms with van der Waals surface area (Å²) >= 11 is 0. The topological polar surface area (TPSA) is 399 Å². The van der Waals surface area contributed by atoms with Crippen molar-refractivity contribution in [1.29, 1.82) is 0 Å². The Morgan fingerprint density at radius 3 is 1.81 bits per heavy atom. The predicted octanol–water partition coefficient (Wildman–Crippen LogP) is -3.65. The van der Waals surface area contributed by atoms with Crippen molar-refractivity contribution in [2.75, 3.05) is 33.0 Å². The van der Waals surface area contributed by atoms with Gasteiger partial charge in [-0.3, -0.25) is 9.59 Å². The molecular formula is C49H86O26. The summed E-state index contributed by atoms with van der Waals surface area (Å²) in [6.45, 7) is 10.9. The Balaban J connectivity index is 1.20. The Kier molecular flexibility index (Phi) is 23.8. The summed E-state index contributed by atoms with van der Waals surface area (Å²) in [4.78, 5) is 27.0. The van der Waals surface area contributed by atoms with Crippen molar-refractivity contribution in [2.45, 2.75) is 247 Å². The molecule has 0 saturated carbocycles. The molecule has 0 radical (unpaired) electrons. The van der Waals surface area contributed by atoms with Crippen molar-refractivity contribution in [3.05, 3.63) is 0 Å². The maximum Gasteiger partial charge on any atom is 0.308 e. The number of aliphatic hydroxyl groups excluding tert-OH is 12. The van der Waals surface area contributed by atoms with Gasteiger partial charge in [0.25, 0.3) is 0 Å². The van der Waals surface area contributed by atoms with Gasteiger partial charge in [-0.1, -0.05) is 54.4 Å². The van der Waals surface area contributed by atoms with Gasteiger partial charge in [0.05, 0.1) is 82.5 Å². The lowest BCUT2D eigenvalue weighted by Gasteiger charge is -2.49. The van der Waals surface area contributed by atoms with Gasteiger partial charge in [0.1, 0.15) is 78.3 Å². The minimum atomic E-state index is -2.07. The average Bonchev–Trinajstić information content (AvgIpc) is 3.81. The van der Waals surface area contributed by atoms with Gasteiger partial charge >= 0.3 is 11.9 Å². The molecule has 0 bridgehead atoms. The van der Waals surface area contributed by atoms with Crippen LogP contribution in [0.25, 0.3) is 0 Å². The van der Waals surface area contributed by atoms with E-state index < -0.39 is 197 Å². The Morgan fingerprint density at radius 1 is 0.640 bits per heavy atom. The third-order valence-electron chi connectivity index (χ3n) is 15.4. The number of carbonyl (C=O) groups excluding carboxylic acids is 2. The van der Waals surface area contributed by atoms with Crippen LogP contribution in [-0.4, -0.2) is 258 Å². The van der Waals surface area contributed by atoms with E-state index in [1.54, 1.807) is 27.7 Å². The number of aliphatic hydroxyl groups is 13. The minimum Gasteiger partial charge on any atom is -0.462 e. The van der Waals surface area contributed by atoms with E-state index >= 15 is 0 Å². The fraction of sp³-hybridized carbons (Fsp3) is 0.959. The number of carbonyl (C=O) groups is 2. The van der Waals surface area contributed by atoms with Gasteiger partial charge in [-0.25, -0.2) is 0 Å². The SMILES string of the molecule is CC[C@H](C)[C@H](C[C@H](O)CC(=O)OC1C(O)C(C)OC(C(C)C)C1OC1OC(C)C(OC2OCCC(CO)(OC3OCC(O)(CO)C3O)C2O)C(O)C1O)OC(=O)C[C@@H](O)C[C@H](OC1OC(CO)C(O)C1O)[C@@H](C)CC. The molecule has 26 atom stereocenters. The van der Waals surface area contributed by atoms with Gasteiger partial charge in [-0.15, -0.1) is 0 Å². The molecule has 0 aromatic rings. The fourth-order valence-electron chi connectivity index (χ4n) is 9.91. The van der Waals surface area contributed by atoms with Crippen LogP contribution in [0.1, 0.15) is 100 Å². The van der Waals surface area contributed by atoms with Crippen LogP contribution in [0.2, 0.25) is 0 Å². The number of hydrogen-bond donors (Lipinski definition) is 13. The van der Waals surface area contributed by atoms with Crippen molar-refractivity contribution in [1.82, 2.24) is 0 Å². The molecule has 20 unspecified atom stereocenters. The van der Waals surface area contributed by atoms with E-state index in [1.165, 1.54) is 6.92 Å². The molecule has 13 N–H and O–H groups in total. The normalized spacial score (nSPS) is 41.9. The van der Waals surface area contributed by atoms with Crippen LogP contribution in [0.3, 0.4) is 0 Å². The van der Waals surface area contributed by atoms with E-state index in [-0.39, 0.29) is 43.6 Å². The number of rotatable bonds is 26. The average molecular weight is 1090 g/mol.